The average Bonchev–Trinajstić information content (AvgIpc) is 3.14. The first-order chi connectivity index (χ1) is 11.5. The summed E-state index contributed by atoms with van der Waals surface area (Å²) in [6, 6.07) is 7.70. The molecule has 1 aliphatic rings. The maximum absolute atomic E-state index is 11.8. The van der Waals surface area contributed by atoms with Crippen LogP contribution in [0, 0.1) is 12.8 Å². The van der Waals surface area contributed by atoms with Crippen LogP contribution in [0.3, 0.4) is 0 Å². The Morgan fingerprint density at radius 2 is 2.12 bits per heavy atom. The number of carbonyl (C=O) groups is 1. The Bertz CT molecular complexity index is 741. The molecule has 3 rings (SSSR count). The Balaban J connectivity index is 1.84. The van der Waals surface area contributed by atoms with E-state index in [0.717, 1.165) is 29.1 Å². The predicted octanol–water partition coefficient (Wildman–Crippen LogP) is 2.04. The first kappa shape index (κ1) is 16.5. The molecule has 6 heteroatoms. The van der Waals surface area contributed by atoms with Gasteiger partial charge in [0.1, 0.15) is 5.75 Å². The number of aliphatic carboxylic acids is 1. The molecule has 2 heterocycles. The molecule has 1 N–H and O–H groups in total. The zero-order valence-electron chi connectivity index (χ0n) is 14.3. The van der Waals surface area contributed by atoms with Crippen molar-refractivity contribution in [3.8, 4) is 5.75 Å². The van der Waals surface area contributed by atoms with Gasteiger partial charge in [-0.3, -0.25) is 14.4 Å². The summed E-state index contributed by atoms with van der Waals surface area (Å²) in [5, 5.41) is 13.9. The number of hydrogen-bond acceptors (Lipinski definition) is 4. The van der Waals surface area contributed by atoms with Crippen LogP contribution in [0.5, 0.6) is 5.75 Å². The summed E-state index contributed by atoms with van der Waals surface area (Å²) in [6.45, 7) is 3.98. The number of aromatic nitrogens is 2. The molecule has 1 aliphatic heterocycles. The molecule has 2 aromatic rings. The van der Waals surface area contributed by atoms with Crippen molar-refractivity contribution >= 4 is 5.97 Å². The van der Waals surface area contributed by atoms with E-state index in [4.69, 9.17) is 4.74 Å². The van der Waals surface area contributed by atoms with E-state index in [1.54, 1.807) is 7.11 Å². The van der Waals surface area contributed by atoms with E-state index in [0.29, 0.717) is 13.1 Å². The highest BCUT2D eigenvalue weighted by Crippen LogP contribution is 2.38. The smallest absolute Gasteiger partial charge is 0.308 e. The normalized spacial score (nSPS) is 21.1. The Labute approximate surface area is 141 Å². The van der Waals surface area contributed by atoms with E-state index >= 15 is 0 Å². The van der Waals surface area contributed by atoms with Gasteiger partial charge in [-0.2, -0.15) is 5.10 Å². The predicted molar refractivity (Wildman–Crippen MR) is 90.1 cm³/mol. The van der Waals surface area contributed by atoms with Crippen LogP contribution >= 0.6 is 0 Å². The van der Waals surface area contributed by atoms with Gasteiger partial charge in [0, 0.05) is 43.9 Å². The van der Waals surface area contributed by atoms with Crippen molar-refractivity contribution in [2.75, 3.05) is 20.2 Å². The van der Waals surface area contributed by atoms with Crippen LogP contribution in [0.4, 0.5) is 0 Å². The number of carboxylic acids is 1. The highest BCUT2D eigenvalue weighted by Gasteiger charge is 2.39. The topological polar surface area (TPSA) is 67.6 Å². The van der Waals surface area contributed by atoms with Crippen LogP contribution in [0.1, 0.15) is 22.7 Å². The number of methoxy groups -OCH3 is 1. The molecule has 0 saturated carbocycles. The van der Waals surface area contributed by atoms with E-state index in [9.17, 15) is 9.90 Å². The number of rotatable bonds is 5. The quantitative estimate of drug-likeness (QED) is 0.909. The lowest BCUT2D eigenvalue weighted by atomic mass is 9.88. The second-order valence-corrected chi connectivity index (χ2v) is 6.37. The fourth-order valence-corrected chi connectivity index (χ4v) is 3.49. The van der Waals surface area contributed by atoms with Gasteiger partial charge in [-0.1, -0.05) is 18.2 Å². The summed E-state index contributed by atoms with van der Waals surface area (Å²) in [5.74, 6) is -0.502. The van der Waals surface area contributed by atoms with Gasteiger partial charge in [-0.05, 0) is 18.6 Å². The summed E-state index contributed by atoms with van der Waals surface area (Å²) >= 11 is 0. The van der Waals surface area contributed by atoms with Gasteiger partial charge >= 0.3 is 5.97 Å². The van der Waals surface area contributed by atoms with Crippen LogP contribution in [0.25, 0.3) is 0 Å². The minimum Gasteiger partial charge on any atom is -0.496 e. The lowest BCUT2D eigenvalue weighted by Gasteiger charge is -2.18. The zero-order chi connectivity index (χ0) is 17.3. The van der Waals surface area contributed by atoms with Gasteiger partial charge in [-0.25, -0.2) is 0 Å². The van der Waals surface area contributed by atoms with Crippen molar-refractivity contribution in [2.24, 2.45) is 13.0 Å². The molecule has 1 saturated heterocycles. The molecule has 0 unspecified atom stereocenters. The highest BCUT2D eigenvalue weighted by molar-refractivity contribution is 5.72. The van der Waals surface area contributed by atoms with Gasteiger partial charge in [0.25, 0.3) is 0 Å². The minimum absolute atomic E-state index is 0.0735. The van der Waals surface area contributed by atoms with Gasteiger partial charge in [0.2, 0.25) is 0 Å². The molecule has 1 fully saturated rings. The number of nitrogens with zero attached hydrogens (tertiary/aromatic N) is 3. The third-order valence-electron chi connectivity index (χ3n) is 4.98. The molecule has 0 amide bonds. The third-order valence-corrected chi connectivity index (χ3v) is 4.98. The number of para-hydroxylation sites is 1. The van der Waals surface area contributed by atoms with Crippen molar-refractivity contribution in [3.05, 3.63) is 47.3 Å². The third kappa shape index (κ3) is 3.01. The van der Waals surface area contributed by atoms with E-state index in [-0.39, 0.29) is 5.92 Å². The number of hydrogen-bond donors (Lipinski definition) is 1. The van der Waals surface area contributed by atoms with Crippen molar-refractivity contribution in [1.82, 2.24) is 14.7 Å². The van der Waals surface area contributed by atoms with Crippen LogP contribution in [0.2, 0.25) is 0 Å². The van der Waals surface area contributed by atoms with Crippen molar-refractivity contribution < 1.29 is 14.6 Å². The summed E-state index contributed by atoms with van der Waals surface area (Å²) in [5.41, 5.74) is 3.22. The number of ether oxygens (including phenoxy) is 1. The second-order valence-electron chi connectivity index (χ2n) is 6.37. The molecule has 128 valence electrons. The van der Waals surface area contributed by atoms with E-state index in [1.165, 1.54) is 0 Å². The summed E-state index contributed by atoms with van der Waals surface area (Å²) in [7, 11) is 3.54. The molecular formula is C18H23N3O3. The summed E-state index contributed by atoms with van der Waals surface area (Å²) in [4.78, 5) is 14.0. The van der Waals surface area contributed by atoms with E-state index in [1.807, 2.05) is 49.1 Å². The largest absolute Gasteiger partial charge is 0.496 e. The first-order valence-corrected chi connectivity index (χ1v) is 8.06. The van der Waals surface area contributed by atoms with Gasteiger partial charge < -0.3 is 9.84 Å². The van der Waals surface area contributed by atoms with Gasteiger partial charge in [0.05, 0.1) is 19.2 Å². The number of likely N-dealkylation sites (tertiary alicyclic amines) is 1. The lowest BCUT2D eigenvalue weighted by molar-refractivity contribution is -0.141. The van der Waals surface area contributed by atoms with Crippen molar-refractivity contribution in [3.63, 3.8) is 0 Å². The Morgan fingerprint density at radius 3 is 2.75 bits per heavy atom. The average molecular weight is 329 g/mol. The second kappa shape index (κ2) is 6.65. The monoisotopic (exact) mass is 329 g/mol. The van der Waals surface area contributed by atoms with Crippen LogP contribution in [-0.4, -0.2) is 46.0 Å². The highest BCUT2D eigenvalue weighted by atomic mass is 16.5. The maximum Gasteiger partial charge on any atom is 0.308 e. The maximum atomic E-state index is 11.8. The molecule has 0 aliphatic carbocycles. The fourth-order valence-electron chi connectivity index (χ4n) is 3.49. The number of carboxylic acid groups (broad SMARTS) is 1. The minimum atomic E-state index is -0.753. The van der Waals surface area contributed by atoms with Crippen LogP contribution in [-0.2, 0) is 18.4 Å². The molecule has 0 radical (unpaired) electrons. The SMILES string of the molecule is COc1ccccc1[C@H]1CN(Cc2cnn(C)c2C)C[C@@H]1C(=O)O. The molecule has 2 atom stereocenters. The fraction of sp³-hybridized carbons (Fsp3) is 0.444. The molecule has 6 nitrogen and oxygen atoms in total. The molecule has 0 bridgehead atoms. The molecule has 1 aromatic carbocycles. The Kier molecular flexibility index (Phi) is 4.57. The summed E-state index contributed by atoms with van der Waals surface area (Å²) in [6.07, 6.45) is 1.86. The standard InChI is InChI=1S/C18H23N3O3/c1-12-13(8-19-20(12)2)9-21-10-15(16(11-21)18(22)23)14-6-4-5-7-17(14)24-3/h4-8,15-16H,9-11H2,1-3H3,(H,22,23)/t15-,16+/m1/s1. The lowest BCUT2D eigenvalue weighted by Crippen LogP contribution is -2.23. The van der Waals surface area contributed by atoms with Gasteiger partial charge in [0.15, 0.2) is 0 Å². The number of benzene rings is 1. The Morgan fingerprint density at radius 1 is 1.38 bits per heavy atom. The van der Waals surface area contributed by atoms with Gasteiger partial charge in [-0.15, -0.1) is 0 Å². The van der Waals surface area contributed by atoms with E-state index < -0.39 is 11.9 Å². The zero-order valence-corrected chi connectivity index (χ0v) is 14.3. The summed E-state index contributed by atoms with van der Waals surface area (Å²) < 4.78 is 7.28. The Hall–Kier alpha value is -2.34. The van der Waals surface area contributed by atoms with E-state index in [2.05, 4.69) is 10.00 Å². The molecule has 24 heavy (non-hydrogen) atoms. The molecule has 0 spiro atoms. The number of aryl methyl sites for hydroxylation is 1. The van der Waals surface area contributed by atoms with Crippen LogP contribution < -0.4 is 4.74 Å². The van der Waals surface area contributed by atoms with Crippen molar-refractivity contribution in [1.29, 1.82) is 0 Å². The molecular weight excluding hydrogens is 306 g/mol. The first-order valence-electron chi connectivity index (χ1n) is 8.06. The van der Waals surface area contributed by atoms with Crippen LogP contribution in [0.15, 0.2) is 30.5 Å². The molecule has 1 aromatic heterocycles. The van der Waals surface area contributed by atoms with Crippen molar-refractivity contribution in [2.45, 2.75) is 19.4 Å².